The molecule has 5 heteroatoms. The molecule has 0 N–H and O–H groups in total. The molecule has 0 aromatic rings. The molecule has 0 atom stereocenters. The first-order valence-corrected chi connectivity index (χ1v) is 5.16. The van der Waals surface area contributed by atoms with E-state index < -0.39 is 19.4 Å². The van der Waals surface area contributed by atoms with Gasteiger partial charge < -0.3 is 4.74 Å². The highest BCUT2D eigenvalue weighted by Gasteiger charge is 2.29. The van der Waals surface area contributed by atoms with Crippen LogP contribution < -0.4 is 0 Å². The molecule has 0 spiro atoms. The van der Waals surface area contributed by atoms with Crippen molar-refractivity contribution in [2.45, 2.75) is 18.9 Å². The fourth-order valence-electron chi connectivity index (χ4n) is 1.90. The predicted octanol–water partition coefficient (Wildman–Crippen LogP) is 1.18. The number of rotatable bonds is 4. The lowest BCUT2D eigenvalue weighted by Crippen LogP contribution is -2.45. The largest absolute Gasteiger partial charge is 0.469 e. The van der Waals surface area contributed by atoms with Crippen LogP contribution in [0.25, 0.3) is 0 Å². The zero-order valence-corrected chi connectivity index (χ0v) is 8.92. The lowest BCUT2D eigenvalue weighted by Gasteiger charge is -2.34. The van der Waals surface area contributed by atoms with Crippen molar-refractivity contribution in [1.29, 1.82) is 0 Å². The molecule has 88 valence electrons. The monoisotopic (exact) mass is 221 g/mol. The normalized spacial score (nSPS) is 19.5. The third-order valence-corrected chi connectivity index (χ3v) is 2.94. The quantitative estimate of drug-likeness (QED) is 0.668. The van der Waals surface area contributed by atoms with Gasteiger partial charge in [-0.2, -0.15) is 0 Å². The third kappa shape index (κ3) is 3.12. The average molecular weight is 221 g/mol. The summed E-state index contributed by atoms with van der Waals surface area (Å²) in [5.74, 6) is -0.321. The van der Waals surface area contributed by atoms with E-state index in [1.807, 2.05) is 0 Å². The molecule has 1 heterocycles. The van der Waals surface area contributed by atoms with Crippen LogP contribution in [0.4, 0.5) is 8.78 Å². The van der Waals surface area contributed by atoms with Gasteiger partial charge in [0.1, 0.15) is 13.3 Å². The number of alkyl halides is 2. The van der Waals surface area contributed by atoms with E-state index in [-0.39, 0.29) is 11.9 Å². The molecule has 0 bridgehead atoms. The van der Waals surface area contributed by atoms with Gasteiger partial charge in [0.25, 0.3) is 0 Å². The van der Waals surface area contributed by atoms with Crippen LogP contribution in [0.3, 0.4) is 0 Å². The maximum Gasteiger partial charge on any atom is 0.308 e. The van der Waals surface area contributed by atoms with Crippen LogP contribution in [-0.2, 0) is 9.53 Å². The highest BCUT2D eigenvalue weighted by molar-refractivity contribution is 5.72. The molecule has 15 heavy (non-hydrogen) atoms. The number of carbonyl (C=O) groups is 1. The Labute approximate surface area is 88.4 Å². The van der Waals surface area contributed by atoms with E-state index in [4.69, 9.17) is 0 Å². The summed E-state index contributed by atoms with van der Waals surface area (Å²) in [5.41, 5.74) is 0. The van der Waals surface area contributed by atoms with Crippen molar-refractivity contribution < 1.29 is 18.3 Å². The first kappa shape index (κ1) is 12.4. The molecule has 1 fully saturated rings. The van der Waals surface area contributed by atoms with Crippen molar-refractivity contribution in [3.8, 4) is 0 Å². The molecular formula is C10H17F2NO2. The molecule has 0 amide bonds. The Kier molecular flexibility index (Phi) is 4.94. The lowest BCUT2D eigenvalue weighted by atomic mass is 9.96. The molecular weight excluding hydrogens is 204 g/mol. The van der Waals surface area contributed by atoms with Crippen LogP contribution in [0, 0.1) is 5.92 Å². The summed E-state index contributed by atoms with van der Waals surface area (Å²) in [7, 11) is 1.36. The van der Waals surface area contributed by atoms with Crippen LogP contribution in [0.2, 0.25) is 0 Å². The standard InChI is InChI=1S/C10H17F2NO2/c1-15-10(14)8-2-4-13(5-3-8)9(6-11)7-12/h8-9H,2-7H2,1H3. The molecule has 1 aliphatic rings. The summed E-state index contributed by atoms with van der Waals surface area (Å²) in [6, 6.07) is -0.636. The number of esters is 1. The number of piperidine rings is 1. The van der Waals surface area contributed by atoms with Gasteiger partial charge in [-0.15, -0.1) is 0 Å². The lowest BCUT2D eigenvalue weighted by molar-refractivity contribution is -0.147. The van der Waals surface area contributed by atoms with E-state index in [1.54, 1.807) is 4.90 Å². The predicted molar refractivity (Wildman–Crippen MR) is 52.1 cm³/mol. The second-order valence-corrected chi connectivity index (χ2v) is 3.80. The number of hydrogen-bond acceptors (Lipinski definition) is 3. The van der Waals surface area contributed by atoms with Gasteiger partial charge >= 0.3 is 5.97 Å². The van der Waals surface area contributed by atoms with E-state index in [2.05, 4.69) is 4.74 Å². The summed E-state index contributed by atoms with van der Waals surface area (Å²) in [4.78, 5) is 13.0. The van der Waals surface area contributed by atoms with E-state index in [1.165, 1.54) is 7.11 Å². The average Bonchev–Trinajstić information content (AvgIpc) is 2.30. The van der Waals surface area contributed by atoms with Gasteiger partial charge in [-0.3, -0.25) is 9.69 Å². The Hall–Kier alpha value is -0.710. The van der Waals surface area contributed by atoms with Crippen molar-refractivity contribution in [2.24, 2.45) is 5.92 Å². The summed E-state index contributed by atoms with van der Waals surface area (Å²) >= 11 is 0. The fraction of sp³-hybridized carbons (Fsp3) is 0.900. The van der Waals surface area contributed by atoms with Gasteiger partial charge in [-0.05, 0) is 25.9 Å². The van der Waals surface area contributed by atoms with Crippen LogP contribution in [0.1, 0.15) is 12.8 Å². The smallest absolute Gasteiger partial charge is 0.308 e. The van der Waals surface area contributed by atoms with Crippen molar-refractivity contribution in [3.63, 3.8) is 0 Å². The summed E-state index contributed by atoms with van der Waals surface area (Å²) in [5, 5.41) is 0. The topological polar surface area (TPSA) is 29.5 Å². The maximum atomic E-state index is 12.4. The second-order valence-electron chi connectivity index (χ2n) is 3.80. The van der Waals surface area contributed by atoms with Gasteiger partial charge in [-0.1, -0.05) is 0 Å². The molecule has 1 aliphatic heterocycles. The van der Waals surface area contributed by atoms with E-state index >= 15 is 0 Å². The SMILES string of the molecule is COC(=O)C1CCN(C(CF)CF)CC1. The zero-order chi connectivity index (χ0) is 11.3. The van der Waals surface area contributed by atoms with Gasteiger partial charge in [0.05, 0.1) is 19.1 Å². The van der Waals surface area contributed by atoms with E-state index in [0.29, 0.717) is 25.9 Å². The number of hydrogen-bond donors (Lipinski definition) is 0. The van der Waals surface area contributed by atoms with Crippen LogP contribution in [0.15, 0.2) is 0 Å². The van der Waals surface area contributed by atoms with Crippen LogP contribution in [0.5, 0.6) is 0 Å². The Bertz CT molecular complexity index is 202. The molecule has 0 aromatic heterocycles. The van der Waals surface area contributed by atoms with Crippen molar-refractivity contribution in [1.82, 2.24) is 4.90 Å². The Balaban J connectivity index is 2.38. The summed E-state index contributed by atoms with van der Waals surface area (Å²) in [6.07, 6.45) is 1.26. The van der Waals surface area contributed by atoms with Crippen molar-refractivity contribution in [3.05, 3.63) is 0 Å². The number of ether oxygens (including phenoxy) is 1. The van der Waals surface area contributed by atoms with Gasteiger partial charge in [-0.25, -0.2) is 8.78 Å². The first-order valence-electron chi connectivity index (χ1n) is 5.16. The minimum atomic E-state index is -0.667. The highest BCUT2D eigenvalue weighted by atomic mass is 19.1. The molecule has 0 aromatic carbocycles. The minimum absolute atomic E-state index is 0.105. The number of likely N-dealkylation sites (tertiary alicyclic amines) is 1. The van der Waals surface area contributed by atoms with Gasteiger partial charge in [0.2, 0.25) is 0 Å². The van der Waals surface area contributed by atoms with Gasteiger partial charge in [0.15, 0.2) is 0 Å². The Morgan fingerprint density at radius 2 is 1.93 bits per heavy atom. The second kappa shape index (κ2) is 6.00. The number of nitrogens with zero attached hydrogens (tertiary/aromatic N) is 1. The van der Waals surface area contributed by atoms with E-state index in [9.17, 15) is 13.6 Å². The molecule has 1 rings (SSSR count). The van der Waals surface area contributed by atoms with E-state index in [0.717, 1.165) is 0 Å². The third-order valence-electron chi connectivity index (χ3n) is 2.94. The van der Waals surface area contributed by atoms with Crippen LogP contribution >= 0.6 is 0 Å². The molecule has 1 saturated heterocycles. The number of methoxy groups -OCH3 is 1. The number of carbonyl (C=O) groups excluding carboxylic acids is 1. The maximum absolute atomic E-state index is 12.4. The molecule has 3 nitrogen and oxygen atoms in total. The molecule has 0 radical (unpaired) electrons. The minimum Gasteiger partial charge on any atom is -0.469 e. The summed E-state index contributed by atoms with van der Waals surface area (Å²) in [6.45, 7) is -0.199. The highest BCUT2D eigenvalue weighted by Crippen LogP contribution is 2.20. The Morgan fingerprint density at radius 1 is 1.40 bits per heavy atom. The van der Waals surface area contributed by atoms with Crippen molar-refractivity contribution >= 4 is 5.97 Å². The van der Waals surface area contributed by atoms with Gasteiger partial charge in [0, 0.05) is 0 Å². The van der Waals surface area contributed by atoms with Crippen molar-refractivity contribution in [2.75, 3.05) is 33.5 Å². The molecule has 0 unspecified atom stereocenters. The summed E-state index contributed by atoms with van der Waals surface area (Å²) < 4.78 is 29.4. The van der Waals surface area contributed by atoms with Crippen LogP contribution in [-0.4, -0.2) is 50.5 Å². The first-order chi connectivity index (χ1) is 7.22. The molecule has 0 aliphatic carbocycles. The number of halogens is 2. The zero-order valence-electron chi connectivity index (χ0n) is 8.92. The molecule has 0 saturated carbocycles. The Morgan fingerprint density at radius 3 is 2.33 bits per heavy atom. The fourth-order valence-corrected chi connectivity index (χ4v) is 1.90.